The van der Waals surface area contributed by atoms with Crippen molar-refractivity contribution in [3.8, 4) is 17.5 Å². The highest BCUT2D eigenvalue weighted by Crippen LogP contribution is 2.30. The van der Waals surface area contributed by atoms with Gasteiger partial charge in [-0.3, -0.25) is 4.90 Å². The molecule has 0 N–H and O–H groups in total. The van der Waals surface area contributed by atoms with Crippen LogP contribution in [0.15, 0.2) is 30.3 Å². The molecular weight excluding hydrogens is 260 g/mol. The fraction of sp³-hybridized carbons (Fsp3) is 0.412. The van der Waals surface area contributed by atoms with E-state index in [1.54, 1.807) is 0 Å². The third-order valence-electron chi connectivity index (χ3n) is 4.24. The molecule has 0 spiro atoms. The smallest absolute Gasteiger partial charge is 0.140 e. The highest BCUT2D eigenvalue weighted by atomic mass is 15.2. The molecule has 2 aromatic rings. The van der Waals surface area contributed by atoms with Crippen LogP contribution in [0.5, 0.6) is 0 Å². The van der Waals surface area contributed by atoms with Gasteiger partial charge in [-0.1, -0.05) is 30.3 Å². The second kappa shape index (κ2) is 5.71. The minimum absolute atomic E-state index is 0.192. The van der Waals surface area contributed by atoms with E-state index in [0.29, 0.717) is 0 Å². The number of hydrogen-bond donors (Lipinski definition) is 0. The van der Waals surface area contributed by atoms with Gasteiger partial charge in [-0.2, -0.15) is 5.26 Å². The van der Waals surface area contributed by atoms with Gasteiger partial charge in [0.2, 0.25) is 0 Å². The molecule has 0 amide bonds. The molecule has 0 radical (unpaired) electrons. The van der Waals surface area contributed by atoms with E-state index >= 15 is 0 Å². The summed E-state index contributed by atoms with van der Waals surface area (Å²) in [6.07, 6.45) is 2.36. The summed E-state index contributed by atoms with van der Waals surface area (Å²) in [5, 5.41) is 9.64. The van der Waals surface area contributed by atoms with E-state index in [1.807, 2.05) is 32.2 Å². The Hall–Kier alpha value is -2.12. The SMILES string of the molecule is Cc1nc(-c2ccccc2)n(C)c1C(C#N)N1CCCC1. The van der Waals surface area contributed by atoms with E-state index in [0.717, 1.165) is 35.9 Å². The molecule has 1 aromatic heterocycles. The summed E-state index contributed by atoms with van der Waals surface area (Å²) >= 11 is 0. The van der Waals surface area contributed by atoms with E-state index in [9.17, 15) is 5.26 Å². The Labute approximate surface area is 125 Å². The molecule has 1 aliphatic rings. The fourth-order valence-corrected chi connectivity index (χ4v) is 3.19. The van der Waals surface area contributed by atoms with Crippen LogP contribution in [-0.4, -0.2) is 27.5 Å². The van der Waals surface area contributed by atoms with Crippen molar-refractivity contribution in [2.45, 2.75) is 25.8 Å². The zero-order chi connectivity index (χ0) is 14.8. The Bertz CT molecular complexity index is 660. The molecule has 0 bridgehead atoms. The first-order valence-corrected chi connectivity index (χ1v) is 7.44. The standard InChI is InChI=1S/C17H20N4/c1-13-16(15(12-18)21-10-6-7-11-21)20(2)17(19-13)14-8-4-3-5-9-14/h3-5,8-9,15H,6-7,10-11H2,1-2H3. The van der Waals surface area contributed by atoms with Crippen LogP contribution in [-0.2, 0) is 7.05 Å². The Balaban J connectivity index is 2.03. The Morgan fingerprint density at radius 3 is 2.48 bits per heavy atom. The summed E-state index contributed by atoms with van der Waals surface area (Å²) in [6, 6.07) is 12.4. The molecular formula is C17H20N4. The predicted molar refractivity (Wildman–Crippen MR) is 82.5 cm³/mol. The van der Waals surface area contributed by atoms with E-state index < -0.39 is 0 Å². The summed E-state index contributed by atoms with van der Waals surface area (Å²) in [5.74, 6) is 0.933. The van der Waals surface area contributed by atoms with Crippen LogP contribution >= 0.6 is 0 Å². The van der Waals surface area contributed by atoms with E-state index in [2.05, 4.69) is 27.7 Å². The number of benzene rings is 1. The van der Waals surface area contributed by atoms with Crippen molar-refractivity contribution < 1.29 is 0 Å². The summed E-state index contributed by atoms with van der Waals surface area (Å²) in [4.78, 5) is 6.97. The van der Waals surface area contributed by atoms with Crippen molar-refractivity contribution in [2.24, 2.45) is 7.05 Å². The molecule has 0 aliphatic carbocycles. The molecule has 1 saturated heterocycles. The molecule has 2 heterocycles. The molecule has 1 unspecified atom stereocenters. The molecule has 1 atom stereocenters. The molecule has 4 nitrogen and oxygen atoms in total. The molecule has 108 valence electrons. The number of rotatable bonds is 3. The highest BCUT2D eigenvalue weighted by molar-refractivity contribution is 5.57. The number of nitrogens with zero attached hydrogens (tertiary/aromatic N) is 4. The van der Waals surface area contributed by atoms with E-state index in [-0.39, 0.29) is 6.04 Å². The zero-order valence-corrected chi connectivity index (χ0v) is 12.6. The lowest BCUT2D eigenvalue weighted by molar-refractivity contribution is 0.285. The predicted octanol–water partition coefficient (Wildman–Crippen LogP) is 3.06. The maximum atomic E-state index is 9.64. The minimum Gasteiger partial charge on any atom is -0.329 e. The second-order valence-corrected chi connectivity index (χ2v) is 5.61. The first kappa shape index (κ1) is 13.8. The van der Waals surface area contributed by atoms with Gasteiger partial charge >= 0.3 is 0 Å². The van der Waals surface area contributed by atoms with Crippen LogP contribution in [0, 0.1) is 18.3 Å². The van der Waals surface area contributed by atoms with Gasteiger partial charge in [0.15, 0.2) is 0 Å². The Morgan fingerprint density at radius 1 is 1.19 bits per heavy atom. The number of hydrogen-bond acceptors (Lipinski definition) is 3. The van der Waals surface area contributed by atoms with Crippen LogP contribution in [0.3, 0.4) is 0 Å². The number of nitriles is 1. The molecule has 4 heteroatoms. The van der Waals surface area contributed by atoms with Gasteiger partial charge in [0.05, 0.1) is 17.5 Å². The Morgan fingerprint density at radius 2 is 1.86 bits per heavy atom. The third kappa shape index (κ3) is 2.45. The largest absolute Gasteiger partial charge is 0.329 e. The molecule has 0 saturated carbocycles. The average Bonchev–Trinajstić information content (AvgIpc) is 3.12. The lowest BCUT2D eigenvalue weighted by Gasteiger charge is -2.22. The highest BCUT2D eigenvalue weighted by Gasteiger charge is 2.28. The number of aromatic nitrogens is 2. The number of likely N-dealkylation sites (tertiary alicyclic amines) is 1. The lowest BCUT2D eigenvalue weighted by atomic mass is 10.1. The monoisotopic (exact) mass is 280 g/mol. The minimum atomic E-state index is -0.192. The summed E-state index contributed by atoms with van der Waals surface area (Å²) in [5.41, 5.74) is 3.07. The maximum absolute atomic E-state index is 9.64. The van der Waals surface area contributed by atoms with Crippen molar-refractivity contribution in [3.05, 3.63) is 41.7 Å². The van der Waals surface area contributed by atoms with Crippen LogP contribution in [0.4, 0.5) is 0 Å². The quantitative estimate of drug-likeness (QED) is 0.868. The van der Waals surface area contributed by atoms with E-state index in [1.165, 1.54) is 12.8 Å². The second-order valence-electron chi connectivity index (χ2n) is 5.61. The molecule has 21 heavy (non-hydrogen) atoms. The average molecular weight is 280 g/mol. The zero-order valence-electron chi connectivity index (χ0n) is 12.6. The number of aryl methyl sites for hydroxylation is 1. The van der Waals surface area contributed by atoms with E-state index in [4.69, 9.17) is 4.98 Å². The summed E-state index contributed by atoms with van der Waals surface area (Å²) in [6.45, 7) is 4.01. The van der Waals surface area contributed by atoms with Gasteiger partial charge in [-0.05, 0) is 32.9 Å². The third-order valence-corrected chi connectivity index (χ3v) is 4.24. The normalized spacial score (nSPS) is 16.8. The van der Waals surface area contributed by atoms with Gasteiger partial charge in [0, 0.05) is 12.6 Å². The van der Waals surface area contributed by atoms with Crippen LogP contribution in [0.1, 0.15) is 30.3 Å². The molecule has 1 aromatic carbocycles. The summed E-state index contributed by atoms with van der Waals surface area (Å²) < 4.78 is 2.08. The number of imidazole rings is 1. The van der Waals surface area contributed by atoms with Crippen molar-refractivity contribution >= 4 is 0 Å². The van der Waals surface area contributed by atoms with Crippen molar-refractivity contribution in [2.75, 3.05) is 13.1 Å². The van der Waals surface area contributed by atoms with Gasteiger partial charge in [-0.25, -0.2) is 4.98 Å². The first-order valence-electron chi connectivity index (χ1n) is 7.44. The molecule has 3 rings (SSSR count). The van der Waals surface area contributed by atoms with Gasteiger partial charge < -0.3 is 4.57 Å². The van der Waals surface area contributed by atoms with Crippen LogP contribution < -0.4 is 0 Å². The fourth-order valence-electron chi connectivity index (χ4n) is 3.19. The lowest BCUT2D eigenvalue weighted by Crippen LogP contribution is -2.26. The van der Waals surface area contributed by atoms with Crippen molar-refractivity contribution in [1.82, 2.24) is 14.5 Å². The van der Waals surface area contributed by atoms with Crippen LogP contribution in [0.2, 0.25) is 0 Å². The van der Waals surface area contributed by atoms with Crippen molar-refractivity contribution in [3.63, 3.8) is 0 Å². The topological polar surface area (TPSA) is 44.9 Å². The maximum Gasteiger partial charge on any atom is 0.140 e. The van der Waals surface area contributed by atoms with Gasteiger partial charge in [-0.15, -0.1) is 0 Å². The molecule has 1 fully saturated rings. The van der Waals surface area contributed by atoms with Gasteiger partial charge in [0.25, 0.3) is 0 Å². The van der Waals surface area contributed by atoms with Crippen LogP contribution in [0.25, 0.3) is 11.4 Å². The first-order chi connectivity index (χ1) is 10.2. The Kier molecular flexibility index (Phi) is 3.76. The molecule has 1 aliphatic heterocycles. The summed E-state index contributed by atoms with van der Waals surface area (Å²) in [7, 11) is 2.01. The van der Waals surface area contributed by atoms with Crippen molar-refractivity contribution in [1.29, 1.82) is 5.26 Å². The van der Waals surface area contributed by atoms with Gasteiger partial charge in [0.1, 0.15) is 11.9 Å².